The quantitative estimate of drug-likeness (QED) is 0.548. The van der Waals surface area contributed by atoms with E-state index in [9.17, 15) is 0 Å². The minimum Gasteiger partial charge on any atom is -0.198 e. The molecular formula is C9H15N. The molecule has 0 amide bonds. The molecule has 1 heteroatoms. The van der Waals surface area contributed by atoms with Crippen LogP contribution >= 0.6 is 0 Å². The van der Waals surface area contributed by atoms with Crippen molar-refractivity contribution in [3.63, 3.8) is 0 Å². The first-order chi connectivity index (χ1) is 4.76. The van der Waals surface area contributed by atoms with Gasteiger partial charge in [0.2, 0.25) is 0 Å². The Morgan fingerprint density at radius 2 is 1.80 bits per heavy atom. The van der Waals surface area contributed by atoms with Gasteiger partial charge in [0.1, 0.15) is 0 Å². The summed E-state index contributed by atoms with van der Waals surface area (Å²) in [7, 11) is 0. The highest BCUT2D eigenvalue weighted by atomic mass is 14.2. The summed E-state index contributed by atoms with van der Waals surface area (Å²) in [5.41, 5.74) is 2.69. The van der Waals surface area contributed by atoms with Crippen molar-refractivity contribution in [1.82, 2.24) is 0 Å². The van der Waals surface area contributed by atoms with E-state index in [0.29, 0.717) is 6.42 Å². The lowest BCUT2D eigenvalue weighted by Gasteiger charge is -2.03. The van der Waals surface area contributed by atoms with Gasteiger partial charge in [-0.15, -0.1) is 0 Å². The molecule has 0 rings (SSSR count). The predicted octanol–water partition coefficient (Wildman–Crippen LogP) is 3.04. The van der Waals surface area contributed by atoms with Crippen molar-refractivity contribution in [1.29, 1.82) is 5.26 Å². The number of rotatable bonds is 3. The molecule has 0 bridgehead atoms. The first kappa shape index (κ1) is 9.23. The van der Waals surface area contributed by atoms with Gasteiger partial charge in [0, 0.05) is 0 Å². The summed E-state index contributed by atoms with van der Waals surface area (Å²) in [6.45, 7) is 6.32. The fraction of sp³-hybridized carbons (Fsp3) is 0.667. The third-order valence-corrected chi connectivity index (χ3v) is 1.80. The van der Waals surface area contributed by atoms with Crippen LogP contribution in [0.2, 0.25) is 0 Å². The van der Waals surface area contributed by atoms with Crippen LogP contribution in [0.25, 0.3) is 0 Å². The lowest BCUT2D eigenvalue weighted by atomic mass is 10.0. The molecule has 0 saturated carbocycles. The van der Waals surface area contributed by atoms with Gasteiger partial charge >= 0.3 is 0 Å². The van der Waals surface area contributed by atoms with Crippen LogP contribution in [0.4, 0.5) is 0 Å². The Bertz CT molecular complexity index is 154. The van der Waals surface area contributed by atoms with Crippen molar-refractivity contribution in [2.45, 2.75) is 40.0 Å². The summed E-state index contributed by atoms with van der Waals surface area (Å²) in [6.07, 6.45) is 2.77. The fourth-order valence-electron chi connectivity index (χ4n) is 1.10. The van der Waals surface area contributed by atoms with E-state index >= 15 is 0 Å². The van der Waals surface area contributed by atoms with Gasteiger partial charge in [-0.05, 0) is 19.8 Å². The zero-order chi connectivity index (χ0) is 7.98. The van der Waals surface area contributed by atoms with Crippen molar-refractivity contribution in [2.75, 3.05) is 0 Å². The van der Waals surface area contributed by atoms with Crippen LogP contribution in [-0.2, 0) is 0 Å². The second-order valence-corrected chi connectivity index (χ2v) is 2.43. The number of hydrogen-bond donors (Lipinski definition) is 0. The van der Waals surface area contributed by atoms with E-state index < -0.39 is 0 Å². The molecule has 0 unspecified atom stereocenters. The van der Waals surface area contributed by atoms with Gasteiger partial charge in [-0.2, -0.15) is 5.26 Å². The summed E-state index contributed by atoms with van der Waals surface area (Å²) in [6, 6.07) is 2.16. The molecule has 0 heterocycles. The molecule has 1 nitrogen and oxygen atoms in total. The van der Waals surface area contributed by atoms with E-state index in [1.54, 1.807) is 0 Å². The maximum absolute atomic E-state index is 8.39. The van der Waals surface area contributed by atoms with Gasteiger partial charge in [-0.3, -0.25) is 0 Å². The van der Waals surface area contributed by atoms with E-state index in [0.717, 1.165) is 12.8 Å². The normalized spacial score (nSPS) is 8.60. The predicted molar refractivity (Wildman–Crippen MR) is 43.5 cm³/mol. The van der Waals surface area contributed by atoms with E-state index in [1.807, 2.05) is 6.92 Å². The molecule has 0 aromatic heterocycles. The van der Waals surface area contributed by atoms with Crippen molar-refractivity contribution in [2.24, 2.45) is 0 Å². The SMILES string of the molecule is CCC(CC)=C(C)CC#N. The molecule has 0 fully saturated rings. The smallest absolute Gasteiger partial charge is 0.0666 e. The number of hydrogen-bond acceptors (Lipinski definition) is 1. The zero-order valence-corrected chi connectivity index (χ0v) is 7.07. The lowest BCUT2D eigenvalue weighted by Crippen LogP contribution is -1.84. The molecule has 0 radical (unpaired) electrons. The molecule has 0 aromatic carbocycles. The van der Waals surface area contributed by atoms with Gasteiger partial charge in [0.05, 0.1) is 12.5 Å². The van der Waals surface area contributed by atoms with Crippen molar-refractivity contribution < 1.29 is 0 Å². The van der Waals surface area contributed by atoms with E-state index in [1.165, 1.54) is 11.1 Å². The Balaban J connectivity index is 4.15. The van der Waals surface area contributed by atoms with Gasteiger partial charge in [-0.1, -0.05) is 25.0 Å². The van der Waals surface area contributed by atoms with E-state index in [4.69, 9.17) is 5.26 Å². The third kappa shape index (κ3) is 2.68. The largest absolute Gasteiger partial charge is 0.198 e. The average Bonchev–Trinajstić information content (AvgIpc) is 1.91. The molecule has 0 aromatic rings. The Labute approximate surface area is 63.4 Å². The van der Waals surface area contributed by atoms with Gasteiger partial charge < -0.3 is 0 Å². The highest BCUT2D eigenvalue weighted by Gasteiger charge is 1.95. The highest BCUT2D eigenvalue weighted by Crippen LogP contribution is 2.14. The third-order valence-electron chi connectivity index (χ3n) is 1.80. The summed E-state index contributed by atoms with van der Waals surface area (Å²) >= 11 is 0. The van der Waals surface area contributed by atoms with Crippen LogP contribution < -0.4 is 0 Å². The molecule has 0 aliphatic rings. The van der Waals surface area contributed by atoms with Gasteiger partial charge in [0.15, 0.2) is 0 Å². The van der Waals surface area contributed by atoms with Gasteiger partial charge in [0.25, 0.3) is 0 Å². The molecule has 0 saturated heterocycles. The van der Waals surface area contributed by atoms with Crippen molar-refractivity contribution >= 4 is 0 Å². The molecule has 0 aliphatic carbocycles. The van der Waals surface area contributed by atoms with Gasteiger partial charge in [-0.25, -0.2) is 0 Å². The molecule has 0 aliphatic heterocycles. The molecule has 0 atom stereocenters. The van der Waals surface area contributed by atoms with E-state index in [2.05, 4.69) is 19.9 Å². The molecular weight excluding hydrogens is 122 g/mol. The summed E-state index contributed by atoms with van der Waals surface area (Å²) < 4.78 is 0. The Hall–Kier alpha value is -0.770. The molecule has 56 valence electrons. The Kier molecular flexibility index (Phi) is 4.66. The maximum Gasteiger partial charge on any atom is 0.0666 e. The number of allylic oxidation sites excluding steroid dienone is 2. The van der Waals surface area contributed by atoms with Crippen molar-refractivity contribution in [3.8, 4) is 6.07 Å². The second kappa shape index (κ2) is 5.05. The second-order valence-electron chi connectivity index (χ2n) is 2.43. The van der Waals surface area contributed by atoms with Crippen LogP contribution in [0.1, 0.15) is 40.0 Å². The molecule has 0 N–H and O–H groups in total. The van der Waals surface area contributed by atoms with Crippen LogP contribution in [0, 0.1) is 11.3 Å². The number of nitrogens with zero attached hydrogens (tertiary/aromatic N) is 1. The summed E-state index contributed by atoms with van der Waals surface area (Å²) in [4.78, 5) is 0. The first-order valence-electron chi connectivity index (χ1n) is 3.80. The van der Waals surface area contributed by atoms with Crippen LogP contribution in [0.15, 0.2) is 11.1 Å². The standard InChI is InChI=1S/C9H15N/c1-4-9(5-2)8(3)6-7-10/h4-6H2,1-3H3. The van der Waals surface area contributed by atoms with E-state index in [-0.39, 0.29) is 0 Å². The summed E-state index contributed by atoms with van der Waals surface area (Å²) in [5.74, 6) is 0. The fourth-order valence-corrected chi connectivity index (χ4v) is 1.10. The molecule has 10 heavy (non-hydrogen) atoms. The Morgan fingerprint density at radius 1 is 1.30 bits per heavy atom. The highest BCUT2D eigenvalue weighted by molar-refractivity contribution is 5.14. The van der Waals surface area contributed by atoms with Crippen LogP contribution in [0.3, 0.4) is 0 Å². The van der Waals surface area contributed by atoms with Crippen LogP contribution in [0.5, 0.6) is 0 Å². The topological polar surface area (TPSA) is 23.8 Å². The summed E-state index contributed by atoms with van der Waals surface area (Å²) in [5, 5.41) is 8.39. The average molecular weight is 137 g/mol. The monoisotopic (exact) mass is 137 g/mol. The first-order valence-corrected chi connectivity index (χ1v) is 3.80. The number of nitriles is 1. The van der Waals surface area contributed by atoms with Crippen LogP contribution in [-0.4, -0.2) is 0 Å². The van der Waals surface area contributed by atoms with Crippen molar-refractivity contribution in [3.05, 3.63) is 11.1 Å². The minimum atomic E-state index is 0.594. The lowest BCUT2D eigenvalue weighted by molar-refractivity contribution is 0.930. The Morgan fingerprint density at radius 3 is 2.10 bits per heavy atom. The minimum absolute atomic E-state index is 0.594. The maximum atomic E-state index is 8.39. The zero-order valence-electron chi connectivity index (χ0n) is 7.07. The molecule has 0 spiro atoms.